The van der Waals surface area contributed by atoms with Gasteiger partial charge in [0.15, 0.2) is 5.76 Å². The van der Waals surface area contributed by atoms with Crippen LogP contribution in [0.3, 0.4) is 0 Å². The maximum atomic E-state index is 13.6. The van der Waals surface area contributed by atoms with Gasteiger partial charge >= 0.3 is 0 Å². The van der Waals surface area contributed by atoms with Crippen molar-refractivity contribution in [2.45, 2.75) is 53.4 Å². The SMILES string of the molecule is CCC(C)(C)C1CCc2c(sc(NC(=O)c3cc(-c4ccc(C)o4)nc4ccccc34)c2C#N)C1. The van der Waals surface area contributed by atoms with E-state index < -0.39 is 0 Å². The molecule has 1 atom stereocenters. The van der Waals surface area contributed by atoms with Crippen molar-refractivity contribution in [1.82, 2.24) is 4.98 Å². The molecule has 0 fully saturated rings. The van der Waals surface area contributed by atoms with Crippen LogP contribution >= 0.6 is 11.3 Å². The summed E-state index contributed by atoms with van der Waals surface area (Å²) < 4.78 is 5.77. The van der Waals surface area contributed by atoms with Crippen molar-refractivity contribution in [3.8, 4) is 17.5 Å². The number of aromatic nitrogens is 1. The lowest BCUT2D eigenvalue weighted by atomic mass is 9.69. The van der Waals surface area contributed by atoms with Gasteiger partial charge in [-0.3, -0.25) is 4.79 Å². The Bertz CT molecular complexity index is 1470. The summed E-state index contributed by atoms with van der Waals surface area (Å²) in [5.74, 6) is 1.75. The molecule has 6 heteroatoms. The Morgan fingerprint density at radius 3 is 2.80 bits per heavy atom. The zero-order valence-electron chi connectivity index (χ0n) is 20.6. The maximum absolute atomic E-state index is 13.6. The fourth-order valence-corrected chi connectivity index (χ4v) is 6.25. The summed E-state index contributed by atoms with van der Waals surface area (Å²) in [5.41, 5.74) is 3.83. The number of carbonyl (C=O) groups is 1. The number of amides is 1. The van der Waals surface area contributed by atoms with Gasteiger partial charge in [0, 0.05) is 10.3 Å². The Hall–Kier alpha value is -3.43. The first kappa shape index (κ1) is 23.3. The lowest BCUT2D eigenvalue weighted by molar-refractivity contribution is 0.102. The van der Waals surface area contributed by atoms with E-state index in [-0.39, 0.29) is 11.3 Å². The standard InChI is InChI=1S/C29H29N3O2S/c1-5-29(3,4)18-11-12-20-22(16-30)28(35-26(20)14-18)32-27(33)21-15-24(25-13-10-17(2)34-25)31-23-9-7-6-8-19(21)23/h6-10,13,15,18H,5,11-12,14H2,1-4H3,(H,32,33). The number of rotatable bonds is 5. The van der Waals surface area contributed by atoms with Crippen molar-refractivity contribution >= 4 is 33.1 Å². The number of para-hydroxylation sites is 1. The molecule has 3 heterocycles. The van der Waals surface area contributed by atoms with E-state index >= 15 is 0 Å². The van der Waals surface area contributed by atoms with Gasteiger partial charge in [-0.05, 0) is 67.3 Å². The predicted octanol–water partition coefficient (Wildman–Crippen LogP) is 7.53. The molecule has 0 saturated carbocycles. The molecule has 0 saturated heterocycles. The molecular formula is C29H29N3O2S. The second-order valence-corrected chi connectivity index (χ2v) is 11.1. The number of hydrogen-bond donors (Lipinski definition) is 1. The molecule has 178 valence electrons. The smallest absolute Gasteiger partial charge is 0.257 e. The molecule has 0 bridgehead atoms. The number of thiophene rings is 1. The second-order valence-electron chi connectivity index (χ2n) is 10.0. The van der Waals surface area contributed by atoms with Crippen LogP contribution in [0.5, 0.6) is 0 Å². The zero-order valence-corrected chi connectivity index (χ0v) is 21.4. The molecule has 1 aliphatic rings. The van der Waals surface area contributed by atoms with Crippen molar-refractivity contribution in [1.29, 1.82) is 5.26 Å². The molecule has 35 heavy (non-hydrogen) atoms. The highest BCUT2D eigenvalue weighted by Crippen LogP contribution is 2.45. The lowest BCUT2D eigenvalue weighted by Crippen LogP contribution is -2.28. The number of hydrogen-bond acceptors (Lipinski definition) is 5. The van der Waals surface area contributed by atoms with Gasteiger partial charge in [-0.2, -0.15) is 5.26 Å². The van der Waals surface area contributed by atoms with Gasteiger partial charge in [0.1, 0.15) is 22.5 Å². The minimum absolute atomic E-state index is 0.242. The van der Waals surface area contributed by atoms with E-state index in [9.17, 15) is 10.1 Å². The number of pyridine rings is 1. The number of nitrogens with zero attached hydrogens (tertiary/aromatic N) is 2. The van der Waals surface area contributed by atoms with Crippen LogP contribution in [0.15, 0.2) is 46.9 Å². The van der Waals surface area contributed by atoms with Crippen LogP contribution in [-0.4, -0.2) is 10.9 Å². The molecule has 0 aliphatic heterocycles. The average Bonchev–Trinajstić information content (AvgIpc) is 3.45. The number of carbonyl (C=O) groups excluding carboxylic acids is 1. The van der Waals surface area contributed by atoms with E-state index in [1.807, 2.05) is 43.3 Å². The van der Waals surface area contributed by atoms with Gasteiger partial charge in [0.05, 0.1) is 16.6 Å². The number of nitriles is 1. The van der Waals surface area contributed by atoms with Crippen molar-refractivity contribution in [2.75, 3.05) is 5.32 Å². The molecule has 4 aromatic rings. The van der Waals surface area contributed by atoms with Gasteiger partial charge in [0.25, 0.3) is 5.91 Å². The third-order valence-electron chi connectivity index (χ3n) is 7.57. The van der Waals surface area contributed by atoms with Crippen LogP contribution in [0.2, 0.25) is 0 Å². The number of benzene rings is 1. The predicted molar refractivity (Wildman–Crippen MR) is 141 cm³/mol. The maximum Gasteiger partial charge on any atom is 0.257 e. The Morgan fingerprint density at radius 1 is 1.29 bits per heavy atom. The Balaban J connectivity index is 1.51. The van der Waals surface area contributed by atoms with E-state index in [2.05, 4.69) is 32.2 Å². The molecule has 3 aromatic heterocycles. The Labute approximate surface area is 209 Å². The largest absolute Gasteiger partial charge is 0.460 e. The molecule has 1 amide bonds. The molecule has 1 N–H and O–H groups in total. The summed E-state index contributed by atoms with van der Waals surface area (Å²) >= 11 is 1.56. The van der Waals surface area contributed by atoms with Crippen LogP contribution in [0.1, 0.15) is 65.7 Å². The normalized spacial score (nSPS) is 15.6. The summed E-state index contributed by atoms with van der Waals surface area (Å²) in [5, 5.41) is 14.5. The van der Waals surface area contributed by atoms with Gasteiger partial charge in [0.2, 0.25) is 0 Å². The highest BCUT2D eigenvalue weighted by molar-refractivity contribution is 7.16. The first-order valence-electron chi connectivity index (χ1n) is 12.1. The lowest BCUT2D eigenvalue weighted by Gasteiger charge is -2.36. The monoisotopic (exact) mass is 483 g/mol. The van der Waals surface area contributed by atoms with E-state index in [0.717, 1.165) is 47.9 Å². The number of furan rings is 1. The summed E-state index contributed by atoms with van der Waals surface area (Å²) in [4.78, 5) is 19.5. The minimum Gasteiger partial charge on any atom is -0.460 e. The molecule has 5 nitrogen and oxygen atoms in total. The third-order valence-corrected chi connectivity index (χ3v) is 8.74. The molecule has 1 aromatic carbocycles. The van der Waals surface area contributed by atoms with E-state index in [1.165, 1.54) is 4.88 Å². The molecule has 5 rings (SSSR count). The van der Waals surface area contributed by atoms with Crippen LogP contribution in [0.25, 0.3) is 22.4 Å². The van der Waals surface area contributed by atoms with Gasteiger partial charge in [-0.15, -0.1) is 11.3 Å². The number of aryl methyl sites for hydroxylation is 1. The topological polar surface area (TPSA) is 78.9 Å². The van der Waals surface area contributed by atoms with Crippen LogP contribution in [0.4, 0.5) is 5.00 Å². The molecular weight excluding hydrogens is 454 g/mol. The van der Waals surface area contributed by atoms with Crippen LogP contribution < -0.4 is 5.32 Å². The first-order chi connectivity index (χ1) is 16.8. The highest BCUT2D eigenvalue weighted by atomic mass is 32.1. The fourth-order valence-electron chi connectivity index (χ4n) is 4.98. The Kier molecular flexibility index (Phi) is 5.98. The summed E-state index contributed by atoms with van der Waals surface area (Å²) in [6.07, 6.45) is 4.05. The van der Waals surface area contributed by atoms with E-state index in [4.69, 9.17) is 9.40 Å². The van der Waals surface area contributed by atoms with Crippen LogP contribution in [-0.2, 0) is 12.8 Å². The summed E-state index contributed by atoms with van der Waals surface area (Å²) in [7, 11) is 0. The average molecular weight is 484 g/mol. The van der Waals surface area contributed by atoms with Gasteiger partial charge in [-0.1, -0.05) is 45.4 Å². The van der Waals surface area contributed by atoms with E-state index in [1.54, 1.807) is 17.4 Å². The minimum atomic E-state index is -0.242. The highest BCUT2D eigenvalue weighted by Gasteiger charge is 2.34. The first-order valence-corrected chi connectivity index (χ1v) is 12.9. The summed E-state index contributed by atoms with van der Waals surface area (Å²) in [6.45, 7) is 8.79. The molecule has 1 aliphatic carbocycles. The zero-order chi connectivity index (χ0) is 24.7. The third kappa shape index (κ3) is 4.26. The van der Waals surface area contributed by atoms with Crippen LogP contribution in [0, 0.1) is 29.6 Å². The number of nitrogens with one attached hydrogen (secondary N) is 1. The van der Waals surface area contributed by atoms with E-state index in [0.29, 0.717) is 33.5 Å². The quantitative estimate of drug-likeness (QED) is 0.318. The van der Waals surface area contributed by atoms with Crippen molar-refractivity contribution in [2.24, 2.45) is 11.3 Å². The van der Waals surface area contributed by atoms with Crippen molar-refractivity contribution in [3.05, 3.63) is 69.8 Å². The Morgan fingerprint density at radius 2 is 2.09 bits per heavy atom. The van der Waals surface area contributed by atoms with Gasteiger partial charge in [-0.25, -0.2) is 4.98 Å². The fraction of sp³-hybridized carbons (Fsp3) is 0.345. The molecule has 1 unspecified atom stereocenters. The number of anilines is 1. The van der Waals surface area contributed by atoms with Gasteiger partial charge < -0.3 is 9.73 Å². The van der Waals surface area contributed by atoms with Crippen molar-refractivity contribution in [3.63, 3.8) is 0 Å². The molecule has 0 spiro atoms. The number of fused-ring (bicyclic) bond motifs is 2. The van der Waals surface area contributed by atoms with Crippen molar-refractivity contribution < 1.29 is 9.21 Å². The molecule has 0 radical (unpaired) electrons. The summed E-state index contributed by atoms with van der Waals surface area (Å²) in [6, 6.07) is 15.5. The second kappa shape index (κ2) is 8.98.